The van der Waals surface area contributed by atoms with Crippen molar-refractivity contribution in [1.29, 1.82) is 0 Å². The summed E-state index contributed by atoms with van der Waals surface area (Å²) < 4.78 is 125. The minimum absolute atomic E-state index is 0.329. The van der Waals surface area contributed by atoms with E-state index in [1.54, 1.807) is 0 Å². The third-order valence-corrected chi connectivity index (χ3v) is 2.60. The van der Waals surface area contributed by atoms with Crippen molar-refractivity contribution in [1.82, 2.24) is 4.90 Å². The van der Waals surface area contributed by atoms with Gasteiger partial charge in [-0.1, -0.05) is 0 Å². The first-order chi connectivity index (χ1) is 9.34. The van der Waals surface area contributed by atoms with Gasteiger partial charge in [-0.15, -0.1) is 4.90 Å². The molecule has 0 saturated carbocycles. The number of aliphatic imine (C=N–C) groups is 1. The maximum Gasteiger partial charge on any atom is 0.439 e. The largest absolute Gasteiger partial charge is 0.476 e. The molecule has 0 N–H and O–H groups in total. The van der Waals surface area contributed by atoms with Crippen LogP contribution in [0.2, 0.25) is 0 Å². The lowest BCUT2D eigenvalue weighted by Gasteiger charge is -2.47. The Hall–Kier alpha value is -1.24. The molecule has 1 fully saturated rings. The summed E-state index contributed by atoms with van der Waals surface area (Å²) in [6, 6.07) is -12.2. The summed E-state index contributed by atoms with van der Waals surface area (Å²) in [4.78, 5) is 0.720. The summed E-state index contributed by atoms with van der Waals surface area (Å²) in [5.41, 5.74) is 0. The molecule has 0 aliphatic carbocycles. The SMILES string of the molecule is FC(C1=NCCO1)N1C(F)(F)C(F)(F)OC(F)(F)C1(F)F. The maximum absolute atomic E-state index is 13.7. The Morgan fingerprint density at radius 1 is 0.952 bits per heavy atom. The topological polar surface area (TPSA) is 34.1 Å². The number of alkyl halides is 9. The summed E-state index contributed by atoms with van der Waals surface area (Å²) in [6.07, 6.45) is -16.0. The molecular weight excluding hydrogens is 327 g/mol. The molecule has 0 aromatic carbocycles. The van der Waals surface area contributed by atoms with Gasteiger partial charge in [0.15, 0.2) is 0 Å². The Balaban J connectivity index is 2.51. The van der Waals surface area contributed by atoms with Crippen molar-refractivity contribution in [2.75, 3.05) is 13.2 Å². The van der Waals surface area contributed by atoms with Crippen LogP contribution >= 0.6 is 0 Å². The number of rotatable bonds is 2. The number of hydrogen-bond acceptors (Lipinski definition) is 4. The van der Waals surface area contributed by atoms with Crippen LogP contribution in [-0.2, 0) is 9.47 Å². The molecule has 21 heavy (non-hydrogen) atoms. The molecule has 0 bridgehead atoms. The van der Waals surface area contributed by atoms with Gasteiger partial charge in [-0.3, -0.25) is 0 Å². The summed E-state index contributed by atoms with van der Waals surface area (Å²) in [6.45, 7) is -0.728. The fraction of sp³-hybridized carbons (Fsp3) is 0.875. The van der Waals surface area contributed by atoms with Crippen molar-refractivity contribution in [3.63, 3.8) is 0 Å². The lowest BCUT2D eigenvalue weighted by Crippen LogP contribution is -2.76. The van der Waals surface area contributed by atoms with Gasteiger partial charge >= 0.3 is 24.3 Å². The first-order valence-electron chi connectivity index (χ1n) is 5.17. The standard InChI is InChI=1S/C8H5F9N2O2/c9-3(4-18-1-2-20-4)19-5(10,11)7(14,15)21-8(16,17)6(19,12)13/h3H,1-2H2. The highest BCUT2D eigenvalue weighted by atomic mass is 19.4. The number of nitrogens with zero attached hydrogens (tertiary/aromatic N) is 2. The predicted octanol–water partition coefficient (Wildman–Crippen LogP) is 2.41. The molecule has 0 amide bonds. The van der Waals surface area contributed by atoms with Crippen LogP contribution in [0.4, 0.5) is 39.5 Å². The van der Waals surface area contributed by atoms with Crippen molar-refractivity contribution in [2.45, 2.75) is 30.6 Å². The molecule has 0 aromatic heterocycles. The smallest absolute Gasteiger partial charge is 0.439 e. The molecule has 2 heterocycles. The van der Waals surface area contributed by atoms with Gasteiger partial charge in [-0.2, -0.15) is 35.1 Å². The number of hydrogen-bond donors (Lipinski definition) is 0. The molecule has 122 valence electrons. The van der Waals surface area contributed by atoms with Gasteiger partial charge in [0, 0.05) is 0 Å². The zero-order valence-corrected chi connectivity index (χ0v) is 9.60. The summed E-state index contributed by atoms with van der Waals surface area (Å²) >= 11 is 0. The zero-order valence-electron chi connectivity index (χ0n) is 9.60. The van der Waals surface area contributed by atoms with Gasteiger partial charge in [0.1, 0.15) is 6.61 Å². The Labute approximate surface area is 110 Å². The molecular formula is C8H5F9N2O2. The van der Waals surface area contributed by atoms with Crippen LogP contribution < -0.4 is 0 Å². The normalized spacial score (nSPS) is 31.4. The highest BCUT2D eigenvalue weighted by molar-refractivity contribution is 5.81. The van der Waals surface area contributed by atoms with E-state index < -0.39 is 48.0 Å². The second-order valence-electron chi connectivity index (χ2n) is 3.99. The van der Waals surface area contributed by atoms with Crippen LogP contribution in [0.15, 0.2) is 4.99 Å². The van der Waals surface area contributed by atoms with Gasteiger partial charge in [0.25, 0.3) is 0 Å². The number of ether oxygens (including phenoxy) is 2. The fourth-order valence-electron chi connectivity index (χ4n) is 1.63. The van der Waals surface area contributed by atoms with Crippen molar-refractivity contribution in [3.05, 3.63) is 0 Å². The van der Waals surface area contributed by atoms with Gasteiger partial charge < -0.3 is 4.74 Å². The highest BCUT2D eigenvalue weighted by Crippen LogP contribution is 2.56. The number of halogens is 9. The van der Waals surface area contributed by atoms with Gasteiger partial charge in [0.2, 0.25) is 12.2 Å². The van der Waals surface area contributed by atoms with Gasteiger partial charge in [-0.25, -0.2) is 14.1 Å². The van der Waals surface area contributed by atoms with Crippen LogP contribution in [0.3, 0.4) is 0 Å². The Morgan fingerprint density at radius 2 is 1.43 bits per heavy atom. The maximum atomic E-state index is 13.7. The van der Waals surface area contributed by atoms with Crippen LogP contribution in [0.1, 0.15) is 0 Å². The molecule has 4 nitrogen and oxygen atoms in total. The first kappa shape index (κ1) is 16.1. The van der Waals surface area contributed by atoms with E-state index in [0.717, 1.165) is 0 Å². The van der Waals surface area contributed by atoms with Crippen molar-refractivity contribution in [2.24, 2.45) is 4.99 Å². The zero-order chi connectivity index (χ0) is 16.3. The minimum atomic E-state index is -6.08. The molecule has 1 saturated heterocycles. The second-order valence-corrected chi connectivity index (χ2v) is 3.99. The van der Waals surface area contributed by atoms with Crippen LogP contribution in [0.5, 0.6) is 0 Å². The molecule has 1 unspecified atom stereocenters. The summed E-state index contributed by atoms with van der Waals surface area (Å²) in [5, 5.41) is 0. The average Bonchev–Trinajstić information content (AvgIpc) is 2.77. The summed E-state index contributed by atoms with van der Waals surface area (Å²) in [7, 11) is 0. The summed E-state index contributed by atoms with van der Waals surface area (Å²) in [5.74, 6) is -1.43. The Kier molecular flexibility index (Phi) is 3.36. The first-order valence-corrected chi connectivity index (χ1v) is 5.17. The van der Waals surface area contributed by atoms with Gasteiger partial charge in [-0.05, 0) is 0 Å². The van der Waals surface area contributed by atoms with Crippen LogP contribution in [0, 0.1) is 0 Å². The van der Waals surface area contributed by atoms with E-state index in [-0.39, 0.29) is 6.54 Å². The van der Waals surface area contributed by atoms with Crippen molar-refractivity contribution >= 4 is 5.90 Å². The minimum Gasteiger partial charge on any atom is -0.476 e. The second kappa shape index (κ2) is 4.38. The van der Waals surface area contributed by atoms with Crippen molar-refractivity contribution in [3.8, 4) is 0 Å². The molecule has 2 aliphatic heterocycles. The molecule has 0 spiro atoms. The van der Waals surface area contributed by atoms with E-state index in [9.17, 15) is 39.5 Å². The van der Waals surface area contributed by atoms with E-state index in [4.69, 9.17) is 0 Å². The quantitative estimate of drug-likeness (QED) is 0.575. The molecule has 2 rings (SSSR count). The lowest BCUT2D eigenvalue weighted by atomic mass is 10.2. The number of morpholine rings is 1. The molecule has 13 heteroatoms. The average molecular weight is 332 g/mol. The van der Waals surface area contributed by atoms with E-state index in [1.165, 1.54) is 0 Å². The Bertz CT molecular complexity index is 441. The van der Waals surface area contributed by atoms with Crippen molar-refractivity contribution < 1.29 is 49.0 Å². The molecule has 0 aromatic rings. The van der Waals surface area contributed by atoms with Crippen LogP contribution in [0.25, 0.3) is 0 Å². The highest BCUT2D eigenvalue weighted by Gasteiger charge is 2.84. The van der Waals surface area contributed by atoms with E-state index in [1.807, 2.05) is 0 Å². The molecule has 2 aliphatic rings. The van der Waals surface area contributed by atoms with E-state index >= 15 is 0 Å². The third-order valence-electron chi connectivity index (χ3n) is 2.60. The monoisotopic (exact) mass is 332 g/mol. The third kappa shape index (κ3) is 2.13. The van der Waals surface area contributed by atoms with E-state index in [2.05, 4.69) is 14.5 Å². The van der Waals surface area contributed by atoms with Crippen LogP contribution in [-0.4, -0.2) is 54.6 Å². The molecule has 0 radical (unpaired) electrons. The Morgan fingerprint density at radius 3 is 1.81 bits per heavy atom. The fourth-order valence-corrected chi connectivity index (χ4v) is 1.63. The lowest BCUT2D eigenvalue weighted by molar-refractivity contribution is -0.568. The van der Waals surface area contributed by atoms with Gasteiger partial charge in [0.05, 0.1) is 6.54 Å². The van der Waals surface area contributed by atoms with E-state index in [0.29, 0.717) is 0 Å². The molecule has 1 atom stereocenters. The predicted molar refractivity (Wildman–Crippen MR) is 45.9 cm³/mol.